The van der Waals surface area contributed by atoms with Gasteiger partial charge in [0.05, 0.1) is 0 Å². The molecule has 8 heteroatoms. The second kappa shape index (κ2) is 7.90. The Morgan fingerprint density at radius 2 is 1.79 bits per heavy atom. The Morgan fingerprint density at radius 1 is 1.10 bits per heavy atom. The van der Waals surface area contributed by atoms with Gasteiger partial charge >= 0.3 is 12.1 Å². The number of benzene rings is 2. The van der Waals surface area contributed by atoms with Crippen LogP contribution in [-0.4, -0.2) is 41.9 Å². The zero-order valence-electron chi connectivity index (χ0n) is 16.6. The molecule has 8 nitrogen and oxygen atoms in total. The second-order valence-electron chi connectivity index (χ2n) is 7.66. The summed E-state index contributed by atoms with van der Waals surface area (Å²) in [5.41, 5.74) is -0.673. The molecule has 1 aliphatic heterocycles. The number of urea groups is 2. The summed E-state index contributed by atoms with van der Waals surface area (Å²) in [5.74, 6) is -1.06. The number of nitrogens with one attached hydrogen (secondary N) is 3. The topological polar surface area (TPSA) is 108 Å². The van der Waals surface area contributed by atoms with Crippen molar-refractivity contribution in [3.8, 4) is 0 Å². The van der Waals surface area contributed by atoms with Gasteiger partial charge in [-0.1, -0.05) is 50.2 Å². The average molecular weight is 396 g/mol. The van der Waals surface area contributed by atoms with E-state index >= 15 is 0 Å². The van der Waals surface area contributed by atoms with E-state index in [1.807, 2.05) is 50.2 Å². The van der Waals surface area contributed by atoms with Crippen LogP contribution in [0.1, 0.15) is 26.3 Å². The van der Waals surface area contributed by atoms with E-state index in [9.17, 15) is 19.2 Å². The molecule has 2 aromatic rings. The SMILES string of the molecule is CC(C)CNC(=O)NC(=O)CN1C(=O)N[C@@](C)(c2ccc3ccccc3c2)C1=O. The van der Waals surface area contributed by atoms with Crippen molar-refractivity contribution in [3.05, 3.63) is 48.0 Å². The number of amides is 6. The molecule has 2 aromatic carbocycles. The number of carbonyl (C=O) groups excluding carboxylic acids is 4. The first-order valence-electron chi connectivity index (χ1n) is 9.42. The van der Waals surface area contributed by atoms with Gasteiger partial charge in [0.25, 0.3) is 5.91 Å². The molecule has 0 saturated carbocycles. The maximum Gasteiger partial charge on any atom is 0.325 e. The molecular weight excluding hydrogens is 372 g/mol. The van der Waals surface area contributed by atoms with Crippen LogP contribution in [-0.2, 0) is 15.1 Å². The molecule has 0 bridgehead atoms. The van der Waals surface area contributed by atoms with E-state index in [1.54, 1.807) is 13.0 Å². The molecular formula is C21H24N4O4. The lowest BCUT2D eigenvalue weighted by atomic mass is 9.90. The summed E-state index contributed by atoms with van der Waals surface area (Å²) in [6.45, 7) is 5.31. The Morgan fingerprint density at radius 3 is 2.48 bits per heavy atom. The van der Waals surface area contributed by atoms with Gasteiger partial charge in [-0.05, 0) is 35.2 Å². The van der Waals surface area contributed by atoms with Crippen LogP contribution in [0.4, 0.5) is 9.59 Å². The van der Waals surface area contributed by atoms with E-state index in [2.05, 4.69) is 16.0 Å². The Kier molecular flexibility index (Phi) is 5.54. The average Bonchev–Trinajstić information content (AvgIpc) is 2.90. The number of fused-ring (bicyclic) bond motifs is 1. The van der Waals surface area contributed by atoms with Gasteiger partial charge in [-0.3, -0.25) is 19.8 Å². The zero-order chi connectivity index (χ0) is 21.2. The van der Waals surface area contributed by atoms with Gasteiger partial charge in [0, 0.05) is 6.54 Å². The van der Waals surface area contributed by atoms with Crippen molar-refractivity contribution >= 4 is 34.6 Å². The molecule has 29 heavy (non-hydrogen) atoms. The van der Waals surface area contributed by atoms with Crippen molar-refractivity contribution in [3.63, 3.8) is 0 Å². The molecule has 3 N–H and O–H groups in total. The molecule has 1 atom stereocenters. The van der Waals surface area contributed by atoms with Gasteiger partial charge in [0.1, 0.15) is 12.1 Å². The summed E-state index contributed by atoms with van der Waals surface area (Å²) in [7, 11) is 0. The van der Waals surface area contributed by atoms with Crippen LogP contribution < -0.4 is 16.0 Å². The molecule has 1 fully saturated rings. The minimum Gasteiger partial charge on any atom is -0.338 e. The highest BCUT2D eigenvalue weighted by atomic mass is 16.2. The van der Waals surface area contributed by atoms with Gasteiger partial charge < -0.3 is 10.6 Å². The van der Waals surface area contributed by atoms with Gasteiger partial charge in [-0.15, -0.1) is 0 Å². The molecule has 6 amide bonds. The fraction of sp³-hybridized carbons (Fsp3) is 0.333. The van der Waals surface area contributed by atoms with E-state index in [1.165, 1.54) is 0 Å². The molecule has 152 valence electrons. The predicted octanol–water partition coefficient (Wildman–Crippen LogP) is 2.09. The smallest absolute Gasteiger partial charge is 0.325 e. The van der Waals surface area contributed by atoms with Gasteiger partial charge in [0.15, 0.2) is 0 Å². The number of hydrogen-bond acceptors (Lipinski definition) is 4. The molecule has 0 aliphatic carbocycles. The van der Waals surface area contributed by atoms with Crippen molar-refractivity contribution < 1.29 is 19.2 Å². The summed E-state index contributed by atoms with van der Waals surface area (Å²) in [5, 5.41) is 9.29. The third-order valence-corrected chi connectivity index (χ3v) is 4.83. The second-order valence-corrected chi connectivity index (χ2v) is 7.66. The highest BCUT2D eigenvalue weighted by molar-refractivity contribution is 6.10. The fourth-order valence-corrected chi connectivity index (χ4v) is 3.19. The first-order valence-corrected chi connectivity index (χ1v) is 9.42. The van der Waals surface area contributed by atoms with E-state index in [0.29, 0.717) is 12.1 Å². The predicted molar refractivity (Wildman–Crippen MR) is 108 cm³/mol. The summed E-state index contributed by atoms with van der Waals surface area (Å²) in [6, 6.07) is 11.9. The lowest BCUT2D eigenvalue weighted by Gasteiger charge is -2.22. The maximum absolute atomic E-state index is 13.0. The van der Waals surface area contributed by atoms with Crippen molar-refractivity contribution in [1.82, 2.24) is 20.9 Å². The summed E-state index contributed by atoms with van der Waals surface area (Å²) in [4.78, 5) is 50.0. The third-order valence-electron chi connectivity index (χ3n) is 4.83. The standard InChI is InChI=1S/C21H24N4O4/c1-13(2)11-22-19(28)23-17(26)12-25-18(27)21(3,24-20(25)29)16-9-8-14-6-4-5-7-15(14)10-16/h4-10,13H,11-12H2,1-3H3,(H,24,29)(H2,22,23,26,28)/t21-/m0/s1. The van der Waals surface area contributed by atoms with E-state index in [-0.39, 0.29) is 5.92 Å². The summed E-state index contributed by atoms with van der Waals surface area (Å²) < 4.78 is 0. The third kappa shape index (κ3) is 4.21. The van der Waals surface area contributed by atoms with E-state index in [4.69, 9.17) is 0 Å². The summed E-state index contributed by atoms with van der Waals surface area (Å²) >= 11 is 0. The highest BCUT2D eigenvalue weighted by Crippen LogP contribution is 2.30. The minimum absolute atomic E-state index is 0.226. The first-order chi connectivity index (χ1) is 13.7. The van der Waals surface area contributed by atoms with Crippen LogP contribution in [0.3, 0.4) is 0 Å². The number of nitrogens with zero attached hydrogens (tertiary/aromatic N) is 1. The van der Waals surface area contributed by atoms with Gasteiger partial charge in [0.2, 0.25) is 5.91 Å². The van der Waals surface area contributed by atoms with Crippen LogP contribution in [0.15, 0.2) is 42.5 Å². The first kappa shape index (κ1) is 20.3. The Balaban J connectivity index is 1.72. The fourth-order valence-electron chi connectivity index (χ4n) is 3.19. The Bertz CT molecular complexity index is 988. The monoisotopic (exact) mass is 396 g/mol. The molecule has 0 aromatic heterocycles. The van der Waals surface area contributed by atoms with Crippen molar-refractivity contribution in [1.29, 1.82) is 0 Å². The number of imide groups is 2. The lowest BCUT2D eigenvalue weighted by Crippen LogP contribution is -2.47. The normalized spacial score (nSPS) is 18.8. The van der Waals surface area contributed by atoms with E-state index in [0.717, 1.165) is 15.7 Å². The molecule has 1 aliphatic rings. The van der Waals surface area contributed by atoms with E-state index < -0.39 is 36.0 Å². The number of hydrogen-bond donors (Lipinski definition) is 3. The number of carbonyl (C=O) groups is 4. The van der Waals surface area contributed by atoms with Gasteiger partial charge in [-0.2, -0.15) is 0 Å². The minimum atomic E-state index is -1.29. The molecule has 0 radical (unpaired) electrons. The van der Waals surface area contributed by atoms with Crippen LogP contribution in [0.5, 0.6) is 0 Å². The molecule has 1 saturated heterocycles. The Labute approximate surface area is 168 Å². The largest absolute Gasteiger partial charge is 0.338 e. The zero-order valence-corrected chi connectivity index (χ0v) is 16.6. The van der Waals surface area contributed by atoms with Crippen molar-refractivity contribution in [2.75, 3.05) is 13.1 Å². The van der Waals surface area contributed by atoms with Crippen molar-refractivity contribution in [2.45, 2.75) is 26.3 Å². The van der Waals surface area contributed by atoms with Crippen LogP contribution in [0.25, 0.3) is 10.8 Å². The molecule has 0 unspecified atom stereocenters. The number of rotatable bonds is 5. The Hall–Kier alpha value is -3.42. The van der Waals surface area contributed by atoms with Gasteiger partial charge in [-0.25, -0.2) is 9.59 Å². The molecule has 3 rings (SSSR count). The highest BCUT2D eigenvalue weighted by Gasteiger charge is 2.49. The summed E-state index contributed by atoms with van der Waals surface area (Å²) in [6.07, 6.45) is 0. The van der Waals surface area contributed by atoms with Crippen molar-refractivity contribution in [2.24, 2.45) is 5.92 Å². The van der Waals surface area contributed by atoms with Crippen LogP contribution in [0.2, 0.25) is 0 Å². The van der Waals surface area contributed by atoms with Crippen LogP contribution in [0, 0.1) is 5.92 Å². The quantitative estimate of drug-likeness (QED) is 0.673. The molecule has 0 spiro atoms. The maximum atomic E-state index is 13.0. The van der Waals surface area contributed by atoms with Crippen LogP contribution >= 0.6 is 0 Å². The molecule has 1 heterocycles. The lowest BCUT2D eigenvalue weighted by molar-refractivity contribution is -0.134.